The molecule has 1 aromatic heterocycles. The summed E-state index contributed by atoms with van der Waals surface area (Å²) in [5.74, 6) is -0.770. The van der Waals surface area contributed by atoms with Crippen molar-refractivity contribution in [2.24, 2.45) is 0 Å². The van der Waals surface area contributed by atoms with E-state index in [2.05, 4.69) is 10.4 Å². The third-order valence-electron chi connectivity index (χ3n) is 3.80. The molecular weight excluding hydrogens is 343 g/mol. The van der Waals surface area contributed by atoms with Crippen LogP contribution < -0.4 is 5.32 Å². The van der Waals surface area contributed by atoms with Crippen LogP contribution in [-0.4, -0.2) is 15.7 Å². The Hall–Kier alpha value is -3.09. The van der Waals surface area contributed by atoms with Gasteiger partial charge in [-0.3, -0.25) is 9.48 Å². The maximum absolute atomic E-state index is 13.0. The average Bonchev–Trinajstić information content (AvgIpc) is 3.07. The number of nitrogens with one attached hydrogen (secondary N) is 1. The molecule has 0 radical (unpaired) electrons. The Morgan fingerprint density at radius 3 is 2.42 bits per heavy atom. The van der Waals surface area contributed by atoms with Gasteiger partial charge in [-0.2, -0.15) is 18.3 Å². The highest BCUT2D eigenvalue weighted by Crippen LogP contribution is 2.31. The second kappa shape index (κ2) is 7.43. The van der Waals surface area contributed by atoms with E-state index in [1.165, 1.54) is 12.1 Å². The van der Waals surface area contributed by atoms with Crippen LogP contribution >= 0.6 is 0 Å². The van der Waals surface area contributed by atoms with E-state index in [4.69, 9.17) is 0 Å². The summed E-state index contributed by atoms with van der Waals surface area (Å²) >= 11 is 0. The maximum atomic E-state index is 13.0. The third kappa shape index (κ3) is 4.30. The summed E-state index contributed by atoms with van der Waals surface area (Å²) in [6.07, 6.45) is -1.24. The van der Waals surface area contributed by atoms with Gasteiger partial charge in [-0.15, -0.1) is 0 Å². The van der Waals surface area contributed by atoms with Crippen molar-refractivity contribution in [3.8, 4) is 0 Å². The number of carbonyl (C=O) groups excluding carboxylic acids is 1. The lowest BCUT2D eigenvalue weighted by Crippen LogP contribution is -2.25. The number of hydrogen-bond donors (Lipinski definition) is 1. The molecule has 0 saturated carbocycles. The molecule has 0 fully saturated rings. The number of halogens is 3. The Kier molecular flexibility index (Phi) is 5.06. The summed E-state index contributed by atoms with van der Waals surface area (Å²) < 4.78 is 40.7. The molecule has 1 N–H and O–H groups in total. The van der Waals surface area contributed by atoms with E-state index in [0.717, 1.165) is 17.7 Å². The predicted molar refractivity (Wildman–Crippen MR) is 90.4 cm³/mol. The van der Waals surface area contributed by atoms with Crippen LogP contribution in [0.15, 0.2) is 67.0 Å². The first kappa shape index (κ1) is 17.7. The van der Waals surface area contributed by atoms with E-state index in [1.807, 2.05) is 30.3 Å². The molecule has 3 aromatic rings. The smallest absolute Gasteiger partial charge is 0.348 e. The van der Waals surface area contributed by atoms with E-state index in [1.54, 1.807) is 17.1 Å². The lowest BCUT2D eigenvalue weighted by atomic mass is 10.1. The van der Waals surface area contributed by atoms with Crippen LogP contribution in [-0.2, 0) is 19.3 Å². The number of nitrogens with zero attached hydrogens (tertiary/aromatic N) is 2. The zero-order chi connectivity index (χ0) is 18.6. The highest BCUT2D eigenvalue weighted by atomic mass is 19.4. The Labute approximate surface area is 148 Å². The number of amides is 1. The highest BCUT2D eigenvalue weighted by Gasteiger charge is 2.34. The Morgan fingerprint density at radius 1 is 1.00 bits per heavy atom. The quantitative estimate of drug-likeness (QED) is 0.752. The number of rotatable bonds is 5. The van der Waals surface area contributed by atoms with Crippen molar-refractivity contribution in [3.05, 3.63) is 89.2 Å². The molecule has 0 aliphatic rings. The van der Waals surface area contributed by atoms with E-state index < -0.39 is 23.2 Å². The lowest BCUT2D eigenvalue weighted by Gasteiger charge is -2.12. The number of alkyl halides is 3. The monoisotopic (exact) mass is 359 g/mol. The van der Waals surface area contributed by atoms with Gasteiger partial charge in [-0.05, 0) is 17.7 Å². The van der Waals surface area contributed by atoms with Gasteiger partial charge in [0.05, 0.1) is 23.9 Å². The molecule has 0 aliphatic heterocycles. The summed E-state index contributed by atoms with van der Waals surface area (Å²) in [4.78, 5) is 12.1. The first-order valence-corrected chi connectivity index (χ1v) is 7.93. The number of aromatic nitrogens is 2. The van der Waals surface area contributed by atoms with Crippen molar-refractivity contribution < 1.29 is 18.0 Å². The Morgan fingerprint density at radius 2 is 1.69 bits per heavy atom. The van der Waals surface area contributed by atoms with E-state index in [9.17, 15) is 18.0 Å². The van der Waals surface area contributed by atoms with Crippen molar-refractivity contribution in [2.75, 3.05) is 0 Å². The van der Waals surface area contributed by atoms with E-state index >= 15 is 0 Å². The largest absolute Gasteiger partial charge is 0.417 e. The molecule has 7 heteroatoms. The van der Waals surface area contributed by atoms with Crippen LogP contribution in [0.4, 0.5) is 13.2 Å². The zero-order valence-electron chi connectivity index (χ0n) is 13.7. The molecule has 134 valence electrons. The predicted octanol–water partition coefficient (Wildman–Crippen LogP) is 3.88. The van der Waals surface area contributed by atoms with Crippen molar-refractivity contribution in [1.29, 1.82) is 0 Å². The molecule has 1 amide bonds. The Balaban J connectivity index is 1.64. The summed E-state index contributed by atoms with van der Waals surface area (Å²) in [7, 11) is 0. The fourth-order valence-electron chi connectivity index (χ4n) is 2.56. The maximum Gasteiger partial charge on any atom is 0.417 e. The van der Waals surface area contributed by atoms with Gasteiger partial charge in [0.15, 0.2) is 0 Å². The number of carbonyl (C=O) groups is 1. The first-order chi connectivity index (χ1) is 12.4. The van der Waals surface area contributed by atoms with Gasteiger partial charge in [-0.25, -0.2) is 0 Å². The fraction of sp³-hybridized carbons (Fsp3) is 0.158. The van der Waals surface area contributed by atoms with Crippen molar-refractivity contribution in [2.45, 2.75) is 19.3 Å². The molecule has 3 rings (SSSR count). The molecule has 0 aliphatic carbocycles. The van der Waals surface area contributed by atoms with Gasteiger partial charge in [-0.1, -0.05) is 42.5 Å². The second-order valence-corrected chi connectivity index (χ2v) is 5.76. The minimum atomic E-state index is -4.57. The third-order valence-corrected chi connectivity index (χ3v) is 3.80. The number of benzene rings is 2. The second-order valence-electron chi connectivity index (χ2n) is 5.76. The molecule has 2 aromatic carbocycles. The lowest BCUT2D eigenvalue weighted by molar-refractivity contribution is -0.137. The van der Waals surface area contributed by atoms with Gasteiger partial charge < -0.3 is 5.32 Å². The van der Waals surface area contributed by atoms with Gasteiger partial charge in [0.2, 0.25) is 0 Å². The van der Waals surface area contributed by atoms with Gasteiger partial charge in [0.1, 0.15) is 0 Å². The fourth-order valence-corrected chi connectivity index (χ4v) is 2.56. The molecule has 0 spiro atoms. The highest BCUT2D eigenvalue weighted by molar-refractivity contribution is 5.95. The van der Waals surface area contributed by atoms with Crippen molar-refractivity contribution in [1.82, 2.24) is 15.1 Å². The normalized spacial score (nSPS) is 11.3. The molecule has 0 saturated heterocycles. The topological polar surface area (TPSA) is 46.9 Å². The Bertz CT molecular complexity index is 888. The van der Waals surface area contributed by atoms with Crippen LogP contribution in [0.1, 0.15) is 27.0 Å². The molecule has 26 heavy (non-hydrogen) atoms. The molecule has 0 atom stereocenters. The molecule has 0 unspecified atom stereocenters. The summed E-state index contributed by atoms with van der Waals surface area (Å²) in [6.45, 7) is 0.672. The first-order valence-electron chi connectivity index (χ1n) is 7.93. The van der Waals surface area contributed by atoms with Crippen LogP contribution in [0, 0.1) is 0 Å². The van der Waals surface area contributed by atoms with Crippen LogP contribution in [0.25, 0.3) is 0 Å². The van der Waals surface area contributed by atoms with E-state index in [-0.39, 0.29) is 6.54 Å². The van der Waals surface area contributed by atoms with Gasteiger partial charge >= 0.3 is 6.18 Å². The molecular formula is C19H16F3N3O. The zero-order valence-corrected chi connectivity index (χ0v) is 13.7. The minimum Gasteiger partial charge on any atom is -0.348 e. The standard InChI is InChI=1S/C19H16F3N3O/c20-19(21,22)17-9-5-4-8-16(17)18(26)23-10-15-11-24-25(13-15)12-14-6-2-1-3-7-14/h1-9,11,13H,10,12H2,(H,23,26). The number of hydrogen-bond acceptors (Lipinski definition) is 2. The molecule has 0 bridgehead atoms. The van der Waals surface area contributed by atoms with Crippen molar-refractivity contribution in [3.63, 3.8) is 0 Å². The summed E-state index contributed by atoms with van der Waals surface area (Å²) in [5.41, 5.74) is 0.443. The van der Waals surface area contributed by atoms with Crippen LogP contribution in [0.3, 0.4) is 0 Å². The summed E-state index contributed by atoms with van der Waals surface area (Å²) in [5, 5.41) is 6.72. The minimum absolute atomic E-state index is 0.0970. The SMILES string of the molecule is O=C(NCc1cnn(Cc2ccccc2)c1)c1ccccc1C(F)(F)F. The van der Waals surface area contributed by atoms with E-state index in [0.29, 0.717) is 12.1 Å². The average molecular weight is 359 g/mol. The van der Waals surface area contributed by atoms with Crippen molar-refractivity contribution >= 4 is 5.91 Å². The van der Waals surface area contributed by atoms with Gasteiger partial charge in [0, 0.05) is 18.3 Å². The summed E-state index contributed by atoms with van der Waals surface area (Å²) in [6, 6.07) is 14.4. The molecule has 4 nitrogen and oxygen atoms in total. The van der Waals surface area contributed by atoms with Crippen LogP contribution in [0.5, 0.6) is 0 Å². The van der Waals surface area contributed by atoms with Gasteiger partial charge in [0.25, 0.3) is 5.91 Å². The van der Waals surface area contributed by atoms with Crippen LogP contribution in [0.2, 0.25) is 0 Å². The molecule has 1 heterocycles.